The molecule has 0 unspecified atom stereocenters. The molecule has 4 N–H and O–H groups in total. The molecule has 40 heavy (non-hydrogen) atoms. The molecule has 1 aromatic carbocycles. The number of imidazole rings is 1. The molecule has 5 rings (SSSR count). The van der Waals surface area contributed by atoms with Crippen molar-refractivity contribution < 1.29 is 9.53 Å². The normalized spacial score (nSPS) is 18.7. The molecule has 0 spiro atoms. The zero-order valence-electron chi connectivity index (χ0n) is 22.4. The Labute approximate surface area is 236 Å². The maximum Gasteiger partial charge on any atom is 0.407 e. The summed E-state index contributed by atoms with van der Waals surface area (Å²) < 4.78 is 6.25. The van der Waals surface area contributed by atoms with Crippen LogP contribution in [0.15, 0.2) is 18.3 Å². The number of benzene rings is 1. The zero-order chi connectivity index (χ0) is 28.4. The number of aromatic nitrogens is 4. The van der Waals surface area contributed by atoms with Gasteiger partial charge in [-0.15, -0.1) is 5.10 Å². The minimum absolute atomic E-state index is 0.0847. The van der Waals surface area contributed by atoms with Gasteiger partial charge in [0.2, 0.25) is 5.95 Å². The summed E-state index contributed by atoms with van der Waals surface area (Å²) in [4.78, 5) is 22.9. The number of nitrogens with zero attached hydrogens (tertiary/aromatic N) is 7. The monoisotopic (exact) mass is 563 g/mol. The number of piperidine rings is 1. The van der Waals surface area contributed by atoms with E-state index in [0.29, 0.717) is 59.0 Å². The summed E-state index contributed by atoms with van der Waals surface area (Å²) in [5, 5.41) is 37.1. The van der Waals surface area contributed by atoms with Crippen molar-refractivity contribution in [3.8, 4) is 12.1 Å². The van der Waals surface area contributed by atoms with E-state index in [9.17, 15) is 15.3 Å². The second-order valence-corrected chi connectivity index (χ2v) is 10.6. The van der Waals surface area contributed by atoms with Gasteiger partial charge in [0, 0.05) is 31.2 Å². The highest BCUT2D eigenvalue weighted by Crippen LogP contribution is 2.37. The van der Waals surface area contributed by atoms with Gasteiger partial charge < -0.3 is 30.9 Å². The second-order valence-electron chi connectivity index (χ2n) is 10.2. The number of alkyl carbamates (subject to hydrolysis) is 1. The van der Waals surface area contributed by atoms with Crippen LogP contribution < -0.4 is 26.2 Å². The van der Waals surface area contributed by atoms with Crippen LogP contribution in [0.3, 0.4) is 0 Å². The van der Waals surface area contributed by atoms with E-state index >= 15 is 0 Å². The first kappa shape index (κ1) is 27.2. The standard InChI is InChI=1S/C26H30ClN11O2/c1-14(2)31-20-13-37(7-6-18(20)34-26(39)40-3)21-9-15(10-28)8-19(22(21)27)33-25-35-23(32-16-4-5-16)24-30-12-17(11-29)38(24)36-25/h8-9,12,14,16,18,20,31H,4-7,13H2,1-3H3,(H,34,39)(H2,32,33,35,36)/t18-,20-/m0/s1. The van der Waals surface area contributed by atoms with Crippen LogP contribution in [-0.2, 0) is 4.74 Å². The quantitative estimate of drug-likeness (QED) is 0.317. The molecule has 0 bridgehead atoms. The molecule has 14 heteroatoms. The summed E-state index contributed by atoms with van der Waals surface area (Å²) in [7, 11) is 1.34. The third-order valence-electron chi connectivity index (χ3n) is 6.81. The number of nitrogens with one attached hydrogen (secondary N) is 4. The first-order valence-corrected chi connectivity index (χ1v) is 13.5. The Balaban J connectivity index is 1.46. The van der Waals surface area contributed by atoms with E-state index in [4.69, 9.17) is 16.3 Å². The number of anilines is 4. The molecule has 2 fully saturated rings. The Morgan fingerprint density at radius 1 is 1.20 bits per heavy atom. The number of ether oxygens (including phenoxy) is 1. The highest BCUT2D eigenvalue weighted by atomic mass is 35.5. The lowest BCUT2D eigenvalue weighted by molar-refractivity contribution is 0.160. The molecule has 1 aliphatic heterocycles. The number of hydrogen-bond donors (Lipinski definition) is 4. The molecule has 1 saturated carbocycles. The smallest absolute Gasteiger partial charge is 0.407 e. The Morgan fingerprint density at radius 3 is 2.67 bits per heavy atom. The lowest BCUT2D eigenvalue weighted by Crippen LogP contribution is -2.60. The molecule has 1 saturated heterocycles. The number of nitriles is 2. The fraction of sp³-hybridized carbons (Fsp3) is 0.462. The molecule has 208 valence electrons. The minimum Gasteiger partial charge on any atom is -0.453 e. The van der Waals surface area contributed by atoms with E-state index in [1.54, 1.807) is 12.1 Å². The van der Waals surface area contributed by atoms with E-state index in [1.807, 2.05) is 13.8 Å². The van der Waals surface area contributed by atoms with Crippen molar-refractivity contribution in [1.82, 2.24) is 30.2 Å². The third kappa shape index (κ3) is 5.81. The summed E-state index contributed by atoms with van der Waals surface area (Å²) >= 11 is 6.94. The summed E-state index contributed by atoms with van der Waals surface area (Å²) in [5.41, 5.74) is 2.26. The number of carbonyl (C=O) groups is 1. The van der Waals surface area contributed by atoms with Gasteiger partial charge in [0.15, 0.2) is 17.2 Å². The SMILES string of the molecule is COC(=O)N[C@H]1CCN(c2cc(C#N)cc(Nc3nc(NC4CC4)c4ncc(C#N)n4n3)c2Cl)C[C@@H]1NC(C)C. The van der Waals surface area contributed by atoms with Gasteiger partial charge in [-0.05, 0) is 31.4 Å². The van der Waals surface area contributed by atoms with Crippen LogP contribution in [0.1, 0.15) is 44.4 Å². The Morgan fingerprint density at radius 2 is 2.00 bits per heavy atom. The second kappa shape index (κ2) is 11.4. The molecule has 3 aromatic rings. The van der Waals surface area contributed by atoms with Crippen molar-refractivity contribution in [2.45, 2.75) is 57.3 Å². The maximum atomic E-state index is 11.9. The number of amides is 1. The molecule has 2 aromatic heterocycles. The van der Waals surface area contributed by atoms with Crippen molar-refractivity contribution in [1.29, 1.82) is 10.5 Å². The highest BCUT2D eigenvalue weighted by Gasteiger charge is 2.32. The van der Waals surface area contributed by atoms with Crippen LogP contribution in [0, 0.1) is 22.7 Å². The van der Waals surface area contributed by atoms with Gasteiger partial charge in [0.05, 0.1) is 47.4 Å². The van der Waals surface area contributed by atoms with Crippen LogP contribution in [0.4, 0.5) is 27.9 Å². The number of halogens is 1. The molecule has 2 atom stereocenters. The lowest BCUT2D eigenvalue weighted by atomic mass is 9.97. The van der Waals surface area contributed by atoms with Gasteiger partial charge in [-0.3, -0.25) is 0 Å². The number of methoxy groups -OCH3 is 1. The van der Waals surface area contributed by atoms with E-state index in [1.165, 1.54) is 17.8 Å². The van der Waals surface area contributed by atoms with Crippen LogP contribution in [0.5, 0.6) is 0 Å². The molecular weight excluding hydrogens is 534 g/mol. The average Bonchev–Trinajstić information content (AvgIpc) is 3.66. The van der Waals surface area contributed by atoms with Gasteiger partial charge in [0.1, 0.15) is 6.07 Å². The van der Waals surface area contributed by atoms with E-state index in [2.05, 4.69) is 53.4 Å². The van der Waals surface area contributed by atoms with Gasteiger partial charge in [-0.2, -0.15) is 20.0 Å². The van der Waals surface area contributed by atoms with E-state index in [-0.39, 0.29) is 29.8 Å². The van der Waals surface area contributed by atoms with Crippen LogP contribution in [0.25, 0.3) is 5.65 Å². The zero-order valence-corrected chi connectivity index (χ0v) is 23.2. The minimum atomic E-state index is -0.477. The Hall–Kier alpha value is -4.33. The Kier molecular flexibility index (Phi) is 7.78. The summed E-state index contributed by atoms with van der Waals surface area (Å²) in [6.07, 6.45) is 3.68. The van der Waals surface area contributed by atoms with Crippen molar-refractivity contribution in [2.75, 3.05) is 35.7 Å². The van der Waals surface area contributed by atoms with E-state index in [0.717, 1.165) is 12.8 Å². The fourth-order valence-electron chi connectivity index (χ4n) is 4.79. The fourth-order valence-corrected chi connectivity index (χ4v) is 5.07. The van der Waals surface area contributed by atoms with Crippen molar-refractivity contribution in [2.24, 2.45) is 0 Å². The van der Waals surface area contributed by atoms with E-state index < -0.39 is 6.09 Å². The average molecular weight is 564 g/mol. The molecule has 1 aliphatic carbocycles. The number of hydrogen-bond acceptors (Lipinski definition) is 11. The topological polar surface area (TPSA) is 168 Å². The van der Waals surface area contributed by atoms with Gasteiger partial charge in [-0.1, -0.05) is 25.4 Å². The van der Waals surface area contributed by atoms with Crippen LogP contribution in [-0.4, -0.2) is 70.0 Å². The largest absolute Gasteiger partial charge is 0.453 e. The third-order valence-corrected chi connectivity index (χ3v) is 7.21. The highest BCUT2D eigenvalue weighted by molar-refractivity contribution is 6.36. The molecule has 13 nitrogen and oxygen atoms in total. The Bertz CT molecular complexity index is 1510. The van der Waals surface area contributed by atoms with Crippen LogP contribution in [0.2, 0.25) is 5.02 Å². The predicted molar refractivity (Wildman–Crippen MR) is 150 cm³/mol. The molecular formula is C26H30ClN11O2. The number of carbonyl (C=O) groups excluding carboxylic acids is 1. The maximum absolute atomic E-state index is 11.9. The van der Waals surface area contributed by atoms with Crippen molar-refractivity contribution in [3.05, 3.63) is 34.6 Å². The molecule has 0 radical (unpaired) electrons. The van der Waals surface area contributed by atoms with Gasteiger partial charge >= 0.3 is 6.09 Å². The van der Waals surface area contributed by atoms with Gasteiger partial charge in [0.25, 0.3) is 0 Å². The summed E-state index contributed by atoms with van der Waals surface area (Å²) in [6, 6.07) is 7.95. The van der Waals surface area contributed by atoms with Crippen molar-refractivity contribution in [3.63, 3.8) is 0 Å². The predicted octanol–water partition coefficient (Wildman–Crippen LogP) is 3.14. The molecule has 1 amide bonds. The van der Waals surface area contributed by atoms with Gasteiger partial charge in [-0.25, -0.2) is 9.78 Å². The summed E-state index contributed by atoms with van der Waals surface area (Å²) in [6.45, 7) is 5.22. The van der Waals surface area contributed by atoms with Crippen LogP contribution >= 0.6 is 11.6 Å². The number of fused-ring (bicyclic) bond motifs is 1. The molecule has 2 aliphatic rings. The van der Waals surface area contributed by atoms with Crippen molar-refractivity contribution >= 4 is 46.5 Å². The summed E-state index contributed by atoms with van der Waals surface area (Å²) in [5.74, 6) is 0.713. The number of rotatable bonds is 8. The lowest BCUT2D eigenvalue weighted by Gasteiger charge is -2.41. The first-order chi connectivity index (χ1) is 19.3. The first-order valence-electron chi connectivity index (χ1n) is 13.1. The molecule has 3 heterocycles.